The van der Waals surface area contributed by atoms with Crippen LogP contribution in [0.2, 0.25) is 5.02 Å². The molecule has 1 aromatic carbocycles. The highest BCUT2D eigenvalue weighted by Crippen LogP contribution is 2.24. The van der Waals surface area contributed by atoms with Crippen LogP contribution in [-0.4, -0.2) is 19.9 Å². The number of carbonyl (C=O) groups excluding carboxylic acids is 1. The van der Waals surface area contributed by atoms with Crippen LogP contribution >= 0.6 is 11.6 Å². The molecule has 0 aliphatic carbocycles. The summed E-state index contributed by atoms with van der Waals surface area (Å²) in [4.78, 5) is 11.4. The van der Waals surface area contributed by atoms with E-state index in [9.17, 15) is 17.6 Å². The number of hydrogen-bond donors (Lipinski definition) is 2. The van der Waals surface area contributed by atoms with E-state index in [1.165, 1.54) is 0 Å². The van der Waals surface area contributed by atoms with E-state index in [1.807, 2.05) is 0 Å². The van der Waals surface area contributed by atoms with Crippen molar-refractivity contribution in [1.29, 1.82) is 0 Å². The van der Waals surface area contributed by atoms with Gasteiger partial charge >= 0.3 is 0 Å². The lowest BCUT2D eigenvalue weighted by Gasteiger charge is -2.21. The van der Waals surface area contributed by atoms with E-state index in [1.54, 1.807) is 20.8 Å². The summed E-state index contributed by atoms with van der Waals surface area (Å²) in [6.07, 6.45) is 0. The Kier molecular flexibility index (Phi) is 4.23. The smallest absolute Gasteiger partial charge is 0.253 e. The molecular formula is C11H14ClFN2O3S. The molecule has 3 N–H and O–H groups in total. The zero-order valence-electron chi connectivity index (χ0n) is 10.6. The number of carbonyl (C=O) groups is 1. The molecule has 106 valence electrons. The van der Waals surface area contributed by atoms with Gasteiger partial charge in [-0.15, -0.1) is 0 Å². The Bertz CT molecular complexity index is 624. The van der Waals surface area contributed by atoms with Gasteiger partial charge in [0.2, 0.25) is 10.0 Å². The molecule has 0 saturated heterocycles. The first-order chi connectivity index (χ1) is 8.42. The van der Waals surface area contributed by atoms with Crippen molar-refractivity contribution in [1.82, 2.24) is 5.32 Å². The lowest BCUT2D eigenvalue weighted by atomic mass is 10.1. The van der Waals surface area contributed by atoms with Gasteiger partial charge in [0.15, 0.2) is 0 Å². The number of nitrogens with two attached hydrogens (primary N) is 1. The maximum atomic E-state index is 13.5. The molecule has 0 aliphatic rings. The van der Waals surface area contributed by atoms with Crippen LogP contribution < -0.4 is 10.5 Å². The molecule has 19 heavy (non-hydrogen) atoms. The van der Waals surface area contributed by atoms with E-state index < -0.39 is 37.2 Å². The summed E-state index contributed by atoms with van der Waals surface area (Å²) in [5, 5.41) is 7.01. The van der Waals surface area contributed by atoms with E-state index in [-0.39, 0.29) is 5.56 Å². The molecule has 0 spiro atoms. The minimum atomic E-state index is -4.12. The average Bonchev–Trinajstić information content (AvgIpc) is 2.17. The first-order valence-corrected chi connectivity index (χ1v) is 7.18. The Balaban J connectivity index is 3.36. The standard InChI is InChI=1S/C11H14ClFN2O3S/c1-11(2,3)15-10(16)7-4-6(19(14,17)18)5-8(13)9(7)12/h4-5H,1-3H3,(H,15,16)(H2,14,17,18). The zero-order chi connectivity index (χ0) is 15.0. The Hall–Kier alpha value is -1.18. The monoisotopic (exact) mass is 308 g/mol. The summed E-state index contributed by atoms with van der Waals surface area (Å²) >= 11 is 5.67. The number of halogens is 2. The SMILES string of the molecule is CC(C)(C)NC(=O)c1cc(S(N)(=O)=O)cc(F)c1Cl. The second kappa shape index (κ2) is 5.07. The number of sulfonamides is 1. The Morgan fingerprint density at radius 2 is 1.89 bits per heavy atom. The van der Waals surface area contributed by atoms with Gasteiger partial charge in [-0.1, -0.05) is 11.6 Å². The predicted molar refractivity (Wildman–Crippen MR) is 70.0 cm³/mol. The summed E-state index contributed by atoms with van der Waals surface area (Å²) in [5.74, 6) is -1.70. The summed E-state index contributed by atoms with van der Waals surface area (Å²) in [6, 6.07) is 1.62. The number of hydrogen-bond acceptors (Lipinski definition) is 3. The molecule has 1 aromatic rings. The van der Waals surface area contributed by atoms with Gasteiger partial charge in [-0.05, 0) is 32.9 Å². The molecule has 5 nitrogen and oxygen atoms in total. The molecule has 0 saturated carbocycles. The van der Waals surface area contributed by atoms with Gasteiger partial charge in [0.05, 0.1) is 15.5 Å². The van der Waals surface area contributed by atoms with Crippen LogP contribution in [0.5, 0.6) is 0 Å². The highest BCUT2D eigenvalue weighted by atomic mass is 35.5. The molecule has 0 radical (unpaired) electrons. The summed E-state index contributed by atoms with van der Waals surface area (Å²) in [7, 11) is -4.12. The van der Waals surface area contributed by atoms with Gasteiger partial charge in [-0.3, -0.25) is 4.79 Å². The van der Waals surface area contributed by atoms with E-state index in [0.29, 0.717) is 6.07 Å². The van der Waals surface area contributed by atoms with Crippen molar-refractivity contribution in [3.63, 3.8) is 0 Å². The molecule has 0 unspecified atom stereocenters. The minimum absolute atomic E-state index is 0.277. The Morgan fingerprint density at radius 3 is 2.32 bits per heavy atom. The van der Waals surface area contributed by atoms with E-state index in [0.717, 1.165) is 6.07 Å². The van der Waals surface area contributed by atoms with Crippen molar-refractivity contribution in [3.05, 3.63) is 28.5 Å². The van der Waals surface area contributed by atoms with Crippen molar-refractivity contribution in [2.75, 3.05) is 0 Å². The normalized spacial score (nSPS) is 12.3. The van der Waals surface area contributed by atoms with Gasteiger partial charge in [-0.25, -0.2) is 17.9 Å². The molecule has 1 rings (SSSR count). The quantitative estimate of drug-likeness (QED) is 0.870. The van der Waals surface area contributed by atoms with Gasteiger partial charge in [0.25, 0.3) is 5.91 Å². The maximum absolute atomic E-state index is 13.5. The second-order valence-electron chi connectivity index (χ2n) is 5.02. The average molecular weight is 309 g/mol. The van der Waals surface area contributed by atoms with Crippen molar-refractivity contribution in [2.24, 2.45) is 5.14 Å². The van der Waals surface area contributed by atoms with Crippen LogP contribution in [0.1, 0.15) is 31.1 Å². The molecule has 0 atom stereocenters. The third-order valence-electron chi connectivity index (χ3n) is 2.06. The number of nitrogens with one attached hydrogen (secondary N) is 1. The largest absolute Gasteiger partial charge is 0.347 e. The molecule has 0 bridgehead atoms. The van der Waals surface area contributed by atoms with Crippen LogP contribution in [0.15, 0.2) is 17.0 Å². The van der Waals surface area contributed by atoms with E-state index in [4.69, 9.17) is 16.7 Å². The van der Waals surface area contributed by atoms with E-state index >= 15 is 0 Å². The number of benzene rings is 1. The fraction of sp³-hybridized carbons (Fsp3) is 0.364. The summed E-state index contributed by atoms with van der Waals surface area (Å²) in [6.45, 7) is 5.16. The molecule has 0 aromatic heterocycles. The topological polar surface area (TPSA) is 89.3 Å². The number of amides is 1. The van der Waals surface area contributed by atoms with Crippen molar-refractivity contribution in [2.45, 2.75) is 31.2 Å². The third-order valence-corrected chi connectivity index (χ3v) is 3.34. The highest BCUT2D eigenvalue weighted by molar-refractivity contribution is 7.89. The van der Waals surface area contributed by atoms with Crippen LogP contribution in [0.25, 0.3) is 0 Å². The van der Waals surface area contributed by atoms with Gasteiger partial charge < -0.3 is 5.32 Å². The lowest BCUT2D eigenvalue weighted by molar-refractivity contribution is 0.0919. The highest BCUT2D eigenvalue weighted by Gasteiger charge is 2.22. The molecular weight excluding hydrogens is 295 g/mol. The van der Waals surface area contributed by atoms with Crippen molar-refractivity contribution >= 4 is 27.5 Å². The zero-order valence-corrected chi connectivity index (χ0v) is 12.2. The van der Waals surface area contributed by atoms with Crippen LogP contribution in [0.3, 0.4) is 0 Å². The molecule has 1 amide bonds. The van der Waals surface area contributed by atoms with E-state index in [2.05, 4.69) is 5.32 Å². The van der Waals surface area contributed by atoms with Gasteiger partial charge in [-0.2, -0.15) is 0 Å². The Morgan fingerprint density at radius 1 is 1.37 bits per heavy atom. The molecule has 8 heteroatoms. The maximum Gasteiger partial charge on any atom is 0.253 e. The van der Waals surface area contributed by atoms with Crippen LogP contribution in [0, 0.1) is 5.82 Å². The number of primary sulfonamides is 1. The van der Waals surface area contributed by atoms with Crippen molar-refractivity contribution < 1.29 is 17.6 Å². The second-order valence-corrected chi connectivity index (χ2v) is 6.96. The lowest BCUT2D eigenvalue weighted by Crippen LogP contribution is -2.40. The first kappa shape index (κ1) is 15.9. The summed E-state index contributed by atoms with van der Waals surface area (Å²) < 4.78 is 35.9. The molecule has 0 aliphatic heterocycles. The fourth-order valence-corrected chi connectivity index (χ4v) is 2.05. The minimum Gasteiger partial charge on any atom is -0.347 e. The third kappa shape index (κ3) is 4.15. The van der Waals surface area contributed by atoms with Gasteiger partial charge in [0, 0.05) is 5.54 Å². The predicted octanol–water partition coefficient (Wildman–Crippen LogP) is 1.65. The molecule has 0 fully saturated rings. The number of rotatable bonds is 2. The fourth-order valence-electron chi connectivity index (χ4n) is 1.30. The molecule has 0 heterocycles. The van der Waals surface area contributed by atoms with Crippen LogP contribution in [-0.2, 0) is 10.0 Å². The van der Waals surface area contributed by atoms with Crippen molar-refractivity contribution in [3.8, 4) is 0 Å². The van der Waals surface area contributed by atoms with Crippen LogP contribution in [0.4, 0.5) is 4.39 Å². The Labute approximate surface area is 116 Å². The summed E-state index contributed by atoms with van der Waals surface area (Å²) in [5.41, 5.74) is -0.852. The van der Waals surface area contributed by atoms with Gasteiger partial charge in [0.1, 0.15) is 5.82 Å². The first-order valence-electron chi connectivity index (χ1n) is 5.26.